The number of rotatable bonds is 3. The Hall–Kier alpha value is -2.83. The topological polar surface area (TPSA) is 93.2 Å². The summed E-state index contributed by atoms with van der Waals surface area (Å²) in [6.45, 7) is 0. The van der Waals surface area contributed by atoms with E-state index in [-0.39, 0.29) is 29.8 Å². The number of hydrogen-bond donors (Lipinski definition) is 2. The monoisotopic (exact) mass is 355 g/mol. The van der Waals surface area contributed by atoms with Gasteiger partial charge >= 0.3 is 5.97 Å². The molecule has 1 unspecified atom stereocenters. The zero-order valence-corrected chi connectivity index (χ0v) is 14.6. The van der Waals surface area contributed by atoms with Crippen LogP contribution in [0.25, 0.3) is 0 Å². The first-order chi connectivity index (χ1) is 12.6. The average molecular weight is 355 g/mol. The molecule has 7 nitrogen and oxygen atoms in total. The average Bonchev–Trinajstić information content (AvgIpc) is 3.29. The quantitative estimate of drug-likeness (QED) is 0.828. The van der Waals surface area contributed by atoms with Gasteiger partial charge in [0.05, 0.1) is 24.3 Å². The van der Waals surface area contributed by atoms with Crippen molar-refractivity contribution in [3.05, 3.63) is 51.3 Å². The number of amides is 1. The second-order valence-corrected chi connectivity index (χ2v) is 6.93. The lowest BCUT2D eigenvalue weighted by molar-refractivity contribution is -0.116. The number of H-pyrrole nitrogens is 1. The number of nitrogens with one attached hydrogen (secondary N) is 2. The van der Waals surface area contributed by atoms with E-state index in [1.54, 1.807) is 24.3 Å². The minimum absolute atomic E-state index is 0.106. The summed E-state index contributed by atoms with van der Waals surface area (Å²) in [7, 11) is 1.33. The number of carbonyl (C=O) groups is 2. The van der Waals surface area contributed by atoms with Crippen LogP contribution in [0.15, 0.2) is 29.1 Å². The molecule has 1 aromatic heterocycles. The summed E-state index contributed by atoms with van der Waals surface area (Å²) in [5.74, 6) is -0.244. The molecule has 2 N–H and O–H groups in total. The zero-order chi connectivity index (χ0) is 18.3. The Morgan fingerprint density at radius 2 is 1.85 bits per heavy atom. The number of esters is 1. The molecule has 2 aliphatic rings. The third kappa shape index (κ3) is 2.73. The number of nitrogens with zero attached hydrogens (tertiary/aromatic N) is 1. The molecule has 1 aromatic carbocycles. The predicted octanol–water partition coefficient (Wildman–Crippen LogP) is 2.55. The lowest BCUT2D eigenvalue weighted by atomic mass is 9.87. The highest BCUT2D eigenvalue weighted by Gasteiger charge is 2.34. The highest BCUT2D eigenvalue weighted by atomic mass is 16.5. The minimum atomic E-state index is -0.413. The standard InChI is InChI=1S/C19H21N3O4/c1-26-19(25)12-8-6-11(7-9-12)14-10-15(23)20-17-16(14)18(24)21-22(17)13-4-2-3-5-13/h6-9,13-14H,2-5,10H2,1H3,(H,20,23)(H,21,24). The first-order valence-electron chi connectivity index (χ1n) is 8.91. The largest absolute Gasteiger partial charge is 0.465 e. The fraction of sp³-hybridized carbons (Fsp3) is 0.421. The molecule has 7 heteroatoms. The Labute approximate surface area is 150 Å². The van der Waals surface area contributed by atoms with Crippen LogP contribution < -0.4 is 10.9 Å². The zero-order valence-electron chi connectivity index (χ0n) is 14.6. The van der Waals surface area contributed by atoms with Crippen LogP contribution in [0.2, 0.25) is 0 Å². The smallest absolute Gasteiger partial charge is 0.337 e. The summed E-state index contributed by atoms with van der Waals surface area (Å²) in [5.41, 5.74) is 1.72. The number of aromatic nitrogens is 2. The van der Waals surface area contributed by atoms with Gasteiger partial charge in [-0.15, -0.1) is 0 Å². The highest BCUT2D eigenvalue weighted by Crippen LogP contribution is 2.38. The molecule has 1 amide bonds. The molecular formula is C19H21N3O4. The second kappa shape index (κ2) is 6.48. The van der Waals surface area contributed by atoms with Gasteiger partial charge in [-0.25, -0.2) is 4.79 Å². The molecule has 1 aliphatic heterocycles. The molecule has 0 bridgehead atoms. The van der Waals surface area contributed by atoms with Crippen LogP contribution in [-0.2, 0) is 9.53 Å². The Bertz CT molecular complexity index is 904. The van der Waals surface area contributed by atoms with Gasteiger partial charge in [0, 0.05) is 12.3 Å². The van der Waals surface area contributed by atoms with Crippen molar-refractivity contribution in [1.29, 1.82) is 0 Å². The molecule has 26 heavy (non-hydrogen) atoms. The number of anilines is 1. The number of benzene rings is 1. The van der Waals surface area contributed by atoms with Gasteiger partial charge in [0.1, 0.15) is 5.82 Å². The van der Waals surface area contributed by atoms with Crippen molar-refractivity contribution in [2.24, 2.45) is 0 Å². The molecule has 1 aliphatic carbocycles. The minimum Gasteiger partial charge on any atom is -0.465 e. The van der Waals surface area contributed by atoms with Crippen LogP contribution in [0, 0.1) is 0 Å². The number of ether oxygens (including phenoxy) is 1. The van der Waals surface area contributed by atoms with Crippen LogP contribution in [-0.4, -0.2) is 28.8 Å². The van der Waals surface area contributed by atoms with E-state index in [1.807, 2.05) is 4.68 Å². The van der Waals surface area contributed by atoms with Crippen LogP contribution in [0.1, 0.15) is 65.5 Å². The summed E-state index contributed by atoms with van der Waals surface area (Å²) >= 11 is 0. The molecule has 1 atom stereocenters. The van der Waals surface area contributed by atoms with E-state index in [0.717, 1.165) is 31.2 Å². The fourth-order valence-electron chi connectivity index (χ4n) is 4.07. The van der Waals surface area contributed by atoms with Gasteiger partial charge in [0.2, 0.25) is 5.91 Å². The van der Waals surface area contributed by atoms with Gasteiger partial charge in [-0.2, -0.15) is 0 Å². The van der Waals surface area contributed by atoms with E-state index >= 15 is 0 Å². The van der Waals surface area contributed by atoms with Crippen molar-refractivity contribution >= 4 is 17.7 Å². The molecule has 1 fully saturated rings. The SMILES string of the molecule is COC(=O)c1ccc(C2CC(=O)Nc3c2c(=O)[nH]n3C2CCCC2)cc1. The van der Waals surface area contributed by atoms with Crippen molar-refractivity contribution in [2.75, 3.05) is 12.4 Å². The number of aromatic amines is 1. The van der Waals surface area contributed by atoms with Crippen LogP contribution in [0.5, 0.6) is 0 Å². The van der Waals surface area contributed by atoms with Gasteiger partial charge in [-0.3, -0.25) is 19.4 Å². The summed E-state index contributed by atoms with van der Waals surface area (Å²) in [5, 5.41) is 5.81. The predicted molar refractivity (Wildman–Crippen MR) is 95.4 cm³/mol. The number of fused-ring (bicyclic) bond motifs is 1. The van der Waals surface area contributed by atoms with Crippen molar-refractivity contribution in [2.45, 2.75) is 44.1 Å². The Balaban J connectivity index is 1.74. The van der Waals surface area contributed by atoms with Gasteiger partial charge in [0.15, 0.2) is 0 Å². The van der Waals surface area contributed by atoms with E-state index < -0.39 is 5.97 Å². The van der Waals surface area contributed by atoms with Crippen LogP contribution in [0.3, 0.4) is 0 Å². The second-order valence-electron chi connectivity index (χ2n) is 6.93. The maximum absolute atomic E-state index is 12.7. The van der Waals surface area contributed by atoms with Gasteiger partial charge < -0.3 is 10.1 Å². The molecular weight excluding hydrogens is 334 g/mol. The molecule has 2 heterocycles. The van der Waals surface area contributed by atoms with E-state index in [1.165, 1.54) is 7.11 Å². The maximum atomic E-state index is 12.7. The Morgan fingerprint density at radius 3 is 2.50 bits per heavy atom. The molecule has 1 saturated carbocycles. The van der Waals surface area contributed by atoms with Crippen LogP contribution in [0.4, 0.5) is 5.82 Å². The lowest BCUT2D eigenvalue weighted by Crippen LogP contribution is -2.27. The highest BCUT2D eigenvalue weighted by molar-refractivity contribution is 5.94. The normalized spacial score (nSPS) is 19.9. The molecule has 136 valence electrons. The fourth-order valence-corrected chi connectivity index (χ4v) is 4.07. The lowest BCUT2D eigenvalue weighted by Gasteiger charge is -2.25. The summed E-state index contributed by atoms with van der Waals surface area (Å²) in [6, 6.07) is 7.12. The number of hydrogen-bond acceptors (Lipinski definition) is 4. The summed E-state index contributed by atoms with van der Waals surface area (Å²) < 4.78 is 6.56. The molecule has 2 aromatic rings. The van der Waals surface area contributed by atoms with Crippen molar-refractivity contribution < 1.29 is 14.3 Å². The molecule has 0 spiro atoms. The molecule has 0 radical (unpaired) electrons. The first-order valence-corrected chi connectivity index (χ1v) is 8.91. The van der Waals surface area contributed by atoms with Crippen molar-refractivity contribution in [1.82, 2.24) is 9.78 Å². The Kier molecular flexibility index (Phi) is 4.14. The van der Waals surface area contributed by atoms with E-state index in [2.05, 4.69) is 10.4 Å². The molecule has 0 saturated heterocycles. The third-order valence-corrected chi connectivity index (χ3v) is 5.38. The van der Waals surface area contributed by atoms with Gasteiger partial charge in [-0.05, 0) is 30.5 Å². The summed E-state index contributed by atoms with van der Waals surface area (Å²) in [6.07, 6.45) is 4.48. The van der Waals surface area contributed by atoms with E-state index in [4.69, 9.17) is 4.74 Å². The van der Waals surface area contributed by atoms with Crippen LogP contribution >= 0.6 is 0 Å². The van der Waals surface area contributed by atoms with E-state index in [9.17, 15) is 14.4 Å². The summed E-state index contributed by atoms with van der Waals surface area (Å²) in [4.78, 5) is 36.6. The van der Waals surface area contributed by atoms with Gasteiger partial charge in [0.25, 0.3) is 5.56 Å². The number of methoxy groups -OCH3 is 1. The van der Waals surface area contributed by atoms with Crippen molar-refractivity contribution in [3.8, 4) is 0 Å². The first kappa shape index (κ1) is 16.6. The van der Waals surface area contributed by atoms with Crippen molar-refractivity contribution in [3.63, 3.8) is 0 Å². The third-order valence-electron chi connectivity index (χ3n) is 5.38. The molecule has 4 rings (SSSR count). The number of carbonyl (C=O) groups excluding carboxylic acids is 2. The van der Waals surface area contributed by atoms with Gasteiger partial charge in [-0.1, -0.05) is 25.0 Å². The maximum Gasteiger partial charge on any atom is 0.337 e. The van der Waals surface area contributed by atoms with E-state index in [0.29, 0.717) is 16.9 Å². The Morgan fingerprint density at radius 1 is 1.15 bits per heavy atom.